The van der Waals surface area contributed by atoms with Crippen LogP contribution in [0.1, 0.15) is 20.3 Å². The molecule has 0 aromatic carbocycles. The Morgan fingerprint density at radius 1 is 1.67 bits per heavy atom. The molecule has 0 unspecified atom stereocenters. The summed E-state index contributed by atoms with van der Waals surface area (Å²) in [4.78, 5) is 10.7. The minimum atomic E-state index is 0.0833. The minimum Gasteiger partial charge on any atom is -0.354 e. The highest BCUT2D eigenvalue weighted by atomic mass is 32.1. The zero-order chi connectivity index (χ0) is 7.28. The lowest BCUT2D eigenvalue weighted by Gasteiger charge is -2.05. The van der Waals surface area contributed by atoms with Crippen molar-refractivity contribution in [2.45, 2.75) is 26.3 Å². The third-order valence-electron chi connectivity index (χ3n) is 0.789. The zero-order valence-electron chi connectivity index (χ0n) is 5.85. The van der Waals surface area contributed by atoms with E-state index in [1.807, 2.05) is 13.8 Å². The van der Waals surface area contributed by atoms with Gasteiger partial charge in [-0.3, -0.25) is 4.79 Å². The summed E-state index contributed by atoms with van der Waals surface area (Å²) in [5.41, 5.74) is 0. The van der Waals surface area contributed by atoms with Crippen molar-refractivity contribution in [3.05, 3.63) is 0 Å². The van der Waals surface area contributed by atoms with E-state index >= 15 is 0 Å². The van der Waals surface area contributed by atoms with Crippen LogP contribution in [0.3, 0.4) is 0 Å². The quantitative estimate of drug-likeness (QED) is 0.569. The van der Waals surface area contributed by atoms with E-state index in [9.17, 15) is 4.79 Å². The minimum absolute atomic E-state index is 0.0833. The van der Waals surface area contributed by atoms with Gasteiger partial charge in [0.25, 0.3) is 0 Å². The van der Waals surface area contributed by atoms with E-state index in [2.05, 4.69) is 17.9 Å². The third-order valence-corrected chi connectivity index (χ3v) is 1.01. The molecule has 0 rings (SSSR count). The molecule has 0 aromatic rings. The summed E-state index contributed by atoms with van der Waals surface area (Å²) < 4.78 is 0. The number of carbonyl (C=O) groups is 1. The lowest BCUT2D eigenvalue weighted by atomic mass is 10.3. The topological polar surface area (TPSA) is 29.1 Å². The fourth-order valence-electron chi connectivity index (χ4n) is 0.496. The van der Waals surface area contributed by atoms with Gasteiger partial charge in [0, 0.05) is 12.5 Å². The van der Waals surface area contributed by atoms with Crippen molar-refractivity contribution < 1.29 is 4.79 Å². The van der Waals surface area contributed by atoms with Crippen LogP contribution < -0.4 is 5.32 Å². The first-order valence-electron chi connectivity index (χ1n) is 3.07. The first-order valence-corrected chi connectivity index (χ1v) is 3.70. The van der Waals surface area contributed by atoms with Crippen LogP contribution in [0.5, 0.6) is 0 Å². The molecule has 0 atom stereocenters. The van der Waals surface area contributed by atoms with Crippen molar-refractivity contribution in [3.63, 3.8) is 0 Å². The molecule has 0 heterocycles. The van der Waals surface area contributed by atoms with Crippen LogP contribution in [0.15, 0.2) is 0 Å². The third kappa shape index (κ3) is 5.69. The van der Waals surface area contributed by atoms with E-state index in [0.717, 1.165) is 0 Å². The second-order valence-electron chi connectivity index (χ2n) is 2.20. The molecule has 0 aromatic heterocycles. The molecule has 54 valence electrons. The molecule has 0 spiro atoms. The molecule has 0 aliphatic carbocycles. The van der Waals surface area contributed by atoms with Gasteiger partial charge in [-0.1, -0.05) is 0 Å². The molecule has 0 aliphatic rings. The van der Waals surface area contributed by atoms with Crippen molar-refractivity contribution in [2.75, 3.05) is 5.75 Å². The summed E-state index contributed by atoms with van der Waals surface area (Å²) in [6.07, 6.45) is 0.515. The Kier molecular flexibility index (Phi) is 4.58. The molecule has 3 heteroatoms. The van der Waals surface area contributed by atoms with Crippen LogP contribution in [0.4, 0.5) is 0 Å². The van der Waals surface area contributed by atoms with Gasteiger partial charge in [0.15, 0.2) is 0 Å². The lowest BCUT2D eigenvalue weighted by molar-refractivity contribution is -0.121. The highest BCUT2D eigenvalue weighted by Crippen LogP contribution is 1.85. The molecule has 1 N–H and O–H groups in total. The average molecular weight is 147 g/mol. The van der Waals surface area contributed by atoms with Gasteiger partial charge in [-0.25, -0.2) is 0 Å². The van der Waals surface area contributed by atoms with E-state index in [4.69, 9.17) is 0 Å². The predicted molar refractivity (Wildman–Crippen MR) is 41.7 cm³/mol. The summed E-state index contributed by atoms with van der Waals surface area (Å²) in [6.45, 7) is 3.88. The predicted octanol–water partition coefficient (Wildman–Crippen LogP) is 0.831. The summed E-state index contributed by atoms with van der Waals surface area (Å²) >= 11 is 3.92. The van der Waals surface area contributed by atoms with E-state index in [1.54, 1.807) is 0 Å². The Hall–Kier alpha value is -0.180. The molecule has 9 heavy (non-hydrogen) atoms. The number of nitrogens with one attached hydrogen (secondary N) is 1. The molecule has 0 aliphatic heterocycles. The first kappa shape index (κ1) is 8.82. The SMILES string of the molecule is CC(C)NC(=O)CCS. The van der Waals surface area contributed by atoms with Crippen LogP contribution in [-0.4, -0.2) is 17.7 Å². The normalized spacial score (nSPS) is 9.78. The molecule has 0 fully saturated rings. The van der Waals surface area contributed by atoms with E-state index in [-0.39, 0.29) is 11.9 Å². The maximum atomic E-state index is 10.7. The van der Waals surface area contributed by atoms with Gasteiger partial charge in [0.1, 0.15) is 0 Å². The number of hydrogen-bond donors (Lipinski definition) is 2. The second kappa shape index (κ2) is 4.68. The van der Waals surface area contributed by atoms with Gasteiger partial charge < -0.3 is 5.32 Å². The Morgan fingerprint density at radius 3 is 2.56 bits per heavy atom. The molecular weight excluding hydrogens is 134 g/mol. The molecule has 0 saturated heterocycles. The van der Waals surface area contributed by atoms with E-state index < -0.39 is 0 Å². The van der Waals surface area contributed by atoms with Crippen LogP contribution >= 0.6 is 12.6 Å². The number of amides is 1. The molecule has 1 amide bonds. The smallest absolute Gasteiger partial charge is 0.221 e. The van der Waals surface area contributed by atoms with Gasteiger partial charge in [0.2, 0.25) is 5.91 Å². The molecule has 0 bridgehead atoms. The molecule has 2 nitrogen and oxygen atoms in total. The van der Waals surface area contributed by atoms with Crippen LogP contribution in [0, 0.1) is 0 Å². The Labute approximate surface area is 61.4 Å². The average Bonchev–Trinajstić information content (AvgIpc) is 1.63. The van der Waals surface area contributed by atoms with Crippen LogP contribution in [0.25, 0.3) is 0 Å². The van der Waals surface area contributed by atoms with Crippen molar-refractivity contribution >= 4 is 18.5 Å². The van der Waals surface area contributed by atoms with E-state index in [0.29, 0.717) is 12.2 Å². The van der Waals surface area contributed by atoms with Gasteiger partial charge in [-0.2, -0.15) is 12.6 Å². The molecule has 0 radical (unpaired) electrons. The van der Waals surface area contributed by atoms with Crippen molar-refractivity contribution in [3.8, 4) is 0 Å². The first-order chi connectivity index (χ1) is 4.16. The number of hydrogen-bond acceptors (Lipinski definition) is 2. The van der Waals surface area contributed by atoms with E-state index in [1.165, 1.54) is 0 Å². The fourth-order valence-corrected chi connectivity index (χ4v) is 0.699. The highest BCUT2D eigenvalue weighted by Gasteiger charge is 1.99. The zero-order valence-corrected chi connectivity index (χ0v) is 6.74. The number of carbonyl (C=O) groups excluding carboxylic acids is 1. The number of rotatable bonds is 3. The highest BCUT2D eigenvalue weighted by molar-refractivity contribution is 7.80. The largest absolute Gasteiger partial charge is 0.354 e. The Morgan fingerprint density at radius 2 is 2.22 bits per heavy atom. The van der Waals surface area contributed by atoms with Gasteiger partial charge >= 0.3 is 0 Å². The van der Waals surface area contributed by atoms with Gasteiger partial charge in [0.05, 0.1) is 0 Å². The second-order valence-corrected chi connectivity index (χ2v) is 2.64. The van der Waals surface area contributed by atoms with Crippen molar-refractivity contribution in [1.82, 2.24) is 5.32 Å². The summed E-state index contributed by atoms with van der Waals surface area (Å²) in [5.74, 6) is 0.707. The summed E-state index contributed by atoms with van der Waals surface area (Å²) in [6, 6.07) is 0.248. The number of thiol groups is 1. The van der Waals surface area contributed by atoms with Crippen molar-refractivity contribution in [1.29, 1.82) is 0 Å². The maximum absolute atomic E-state index is 10.7. The standard InChI is InChI=1S/C6H13NOS/c1-5(2)7-6(8)3-4-9/h5,9H,3-4H2,1-2H3,(H,7,8). The molecule has 0 saturated carbocycles. The van der Waals surface area contributed by atoms with Crippen molar-refractivity contribution in [2.24, 2.45) is 0 Å². The maximum Gasteiger partial charge on any atom is 0.221 e. The van der Waals surface area contributed by atoms with Crippen LogP contribution in [0.2, 0.25) is 0 Å². The van der Waals surface area contributed by atoms with Gasteiger partial charge in [-0.15, -0.1) is 0 Å². The van der Waals surface area contributed by atoms with Crippen LogP contribution in [-0.2, 0) is 4.79 Å². The monoisotopic (exact) mass is 147 g/mol. The summed E-state index contributed by atoms with van der Waals surface area (Å²) in [7, 11) is 0. The lowest BCUT2D eigenvalue weighted by Crippen LogP contribution is -2.30. The Balaban J connectivity index is 3.27. The summed E-state index contributed by atoms with van der Waals surface area (Å²) in [5, 5.41) is 2.76. The van der Waals surface area contributed by atoms with Gasteiger partial charge in [-0.05, 0) is 19.6 Å². The molecular formula is C6H13NOS. The Bertz CT molecular complexity index is 93.1. The fraction of sp³-hybridized carbons (Fsp3) is 0.833.